The number of rotatable bonds is 9. The van der Waals surface area contributed by atoms with Crippen LogP contribution in [0.25, 0.3) is 0 Å². The smallest absolute Gasteiger partial charge is 0.00106 e. The van der Waals surface area contributed by atoms with E-state index in [1.165, 1.54) is 70.8 Å². The van der Waals surface area contributed by atoms with Crippen molar-refractivity contribution in [2.45, 2.75) is 91.0 Å². The second kappa shape index (κ2) is 8.13. The zero-order valence-electron chi connectivity index (χ0n) is 12.4. The van der Waals surface area contributed by atoms with Crippen LogP contribution in [0.4, 0.5) is 0 Å². The summed E-state index contributed by atoms with van der Waals surface area (Å²) in [5.74, 6) is 0. The Hall–Kier alpha value is -0.0400. The number of hydrogen-bond acceptors (Lipinski definition) is 1. The van der Waals surface area contributed by atoms with Gasteiger partial charge in [0.1, 0.15) is 0 Å². The molecule has 0 aromatic heterocycles. The zero-order chi connectivity index (χ0) is 12.6. The second-order valence-electron chi connectivity index (χ2n) is 6.41. The fourth-order valence-corrected chi connectivity index (χ4v) is 3.16. The molecule has 1 heteroatoms. The molecule has 17 heavy (non-hydrogen) atoms. The number of nitrogens with one attached hydrogen (secondary N) is 1. The molecular weight excluding hydrogens is 206 g/mol. The first kappa shape index (κ1) is 15.0. The van der Waals surface area contributed by atoms with Crippen LogP contribution in [0, 0.1) is 5.41 Å². The van der Waals surface area contributed by atoms with Gasteiger partial charge in [0.05, 0.1) is 0 Å². The van der Waals surface area contributed by atoms with E-state index < -0.39 is 0 Å². The molecule has 1 N–H and O–H groups in total. The van der Waals surface area contributed by atoms with Crippen LogP contribution in [-0.4, -0.2) is 12.6 Å². The highest BCUT2D eigenvalue weighted by molar-refractivity contribution is 4.87. The molecule has 1 rings (SSSR count). The quantitative estimate of drug-likeness (QED) is 0.564. The van der Waals surface area contributed by atoms with Gasteiger partial charge in [-0.3, -0.25) is 0 Å². The van der Waals surface area contributed by atoms with Crippen LogP contribution < -0.4 is 5.32 Å². The van der Waals surface area contributed by atoms with E-state index in [4.69, 9.17) is 0 Å². The van der Waals surface area contributed by atoms with Crippen LogP contribution in [0.5, 0.6) is 0 Å². The van der Waals surface area contributed by atoms with E-state index in [9.17, 15) is 0 Å². The molecule has 0 aromatic carbocycles. The van der Waals surface area contributed by atoms with Crippen LogP contribution in [0.15, 0.2) is 0 Å². The Kier molecular flexibility index (Phi) is 7.18. The second-order valence-corrected chi connectivity index (χ2v) is 6.41. The van der Waals surface area contributed by atoms with Gasteiger partial charge < -0.3 is 5.32 Å². The summed E-state index contributed by atoms with van der Waals surface area (Å²) in [6, 6.07) is 0.646. The number of unbranched alkanes of at least 4 members (excludes halogenated alkanes) is 4. The highest BCUT2D eigenvalue weighted by Crippen LogP contribution is 2.42. The maximum Gasteiger partial charge on any atom is 0.00106 e. The van der Waals surface area contributed by atoms with Crippen molar-refractivity contribution in [3.8, 4) is 0 Å². The standard InChI is InChI=1S/C16H33N/c1-4-5-6-7-8-11-16(12-9-10-13-16)14-17-15(2)3/h15,17H,4-14H2,1-3H3. The largest absolute Gasteiger partial charge is 0.314 e. The lowest BCUT2D eigenvalue weighted by atomic mass is 9.80. The van der Waals surface area contributed by atoms with Gasteiger partial charge in [0.15, 0.2) is 0 Å². The Bertz CT molecular complexity index is 180. The molecule has 0 saturated heterocycles. The maximum atomic E-state index is 3.68. The van der Waals surface area contributed by atoms with E-state index in [1.807, 2.05) is 0 Å². The van der Waals surface area contributed by atoms with Gasteiger partial charge in [-0.25, -0.2) is 0 Å². The maximum absolute atomic E-state index is 3.68. The van der Waals surface area contributed by atoms with Crippen molar-refractivity contribution in [3.63, 3.8) is 0 Å². The predicted octanol–water partition coefficient (Wildman–Crippen LogP) is 4.91. The summed E-state index contributed by atoms with van der Waals surface area (Å²) in [7, 11) is 0. The third-order valence-corrected chi connectivity index (χ3v) is 4.36. The van der Waals surface area contributed by atoms with Gasteiger partial charge in [-0.1, -0.05) is 65.7 Å². The van der Waals surface area contributed by atoms with Crippen LogP contribution in [0.1, 0.15) is 85.0 Å². The average Bonchev–Trinajstić information content (AvgIpc) is 2.76. The first-order chi connectivity index (χ1) is 8.18. The lowest BCUT2D eigenvalue weighted by Crippen LogP contribution is -2.35. The van der Waals surface area contributed by atoms with E-state index in [0.29, 0.717) is 11.5 Å². The number of hydrogen-bond donors (Lipinski definition) is 1. The van der Waals surface area contributed by atoms with Gasteiger partial charge in [0, 0.05) is 12.6 Å². The van der Waals surface area contributed by atoms with Gasteiger partial charge in [0.25, 0.3) is 0 Å². The van der Waals surface area contributed by atoms with Crippen molar-refractivity contribution in [3.05, 3.63) is 0 Å². The van der Waals surface area contributed by atoms with Crippen molar-refractivity contribution in [1.29, 1.82) is 0 Å². The van der Waals surface area contributed by atoms with Gasteiger partial charge in [-0.05, 0) is 24.7 Å². The third-order valence-electron chi connectivity index (χ3n) is 4.36. The minimum absolute atomic E-state index is 0.646. The Balaban J connectivity index is 2.22. The topological polar surface area (TPSA) is 12.0 Å². The minimum Gasteiger partial charge on any atom is -0.314 e. The molecule has 0 bridgehead atoms. The third kappa shape index (κ3) is 5.90. The van der Waals surface area contributed by atoms with Crippen LogP contribution in [0.3, 0.4) is 0 Å². The molecule has 0 spiro atoms. The van der Waals surface area contributed by atoms with E-state index in [0.717, 1.165) is 0 Å². The molecule has 1 fully saturated rings. The van der Waals surface area contributed by atoms with Gasteiger partial charge in [0.2, 0.25) is 0 Å². The normalized spacial score (nSPS) is 19.1. The zero-order valence-corrected chi connectivity index (χ0v) is 12.4. The van der Waals surface area contributed by atoms with Crippen molar-refractivity contribution in [2.24, 2.45) is 5.41 Å². The summed E-state index contributed by atoms with van der Waals surface area (Å²) in [4.78, 5) is 0. The molecule has 1 saturated carbocycles. The van der Waals surface area contributed by atoms with E-state index in [1.54, 1.807) is 0 Å². The van der Waals surface area contributed by atoms with Crippen molar-refractivity contribution < 1.29 is 0 Å². The summed E-state index contributed by atoms with van der Waals surface area (Å²) < 4.78 is 0. The lowest BCUT2D eigenvalue weighted by molar-refractivity contribution is 0.240. The Labute approximate surface area is 109 Å². The lowest BCUT2D eigenvalue weighted by Gasteiger charge is -2.30. The van der Waals surface area contributed by atoms with E-state index >= 15 is 0 Å². The Morgan fingerprint density at radius 1 is 1.00 bits per heavy atom. The molecule has 1 nitrogen and oxygen atoms in total. The highest BCUT2D eigenvalue weighted by atomic mass is 14.9. The van der Waals surface area contributed by atoms with Gasteiger partial charge >= 0.3 is 0 Å². The molecule has 0 atom stereocenters. The van der Waals surface area contributed by atoms with Crippen LogP contribution in [-0.2, 0) is 0 Å². The first-order valence-electron chi connectivity index (χ1n) is 7.92. The minimum atomic E-state index is 0.646. The molecule has 1 aliphatic carbocycles. The molecule has 102 valence electrons. The fourth-order valence-electron chi connectivity index (χ4n) is 3.16. The first-order valence-corrected chi connectivity index (χ1v) is 7.92. The van der Waals surface area contributed by atoms with E-state index in [2.05, 4.69) is 26.1 Å². The van der Waals surface area contributed by atoms with Crippen molar-refractivity contribution in [1.82, 2.24) is 5.32 Å². The summed E-state index contributed by atoms with van der Waals surface area (Å²) in [5, 5.41) is 3.68. The Morgan fingerprint density at radius 3 is 2.24 bits per heavy atom. The molecule has 0 radical (unpaired) electrons. The molecule has 0 unspecified atom stereocenters. The molecule has 1 aliphatic rings. The molecule has 0 aromatic rings. The summed E-state index contributed by atoms with van der Waals surface area (Å²) in [5.41, 5.74) is 0.663. The highest BCUT2D eigenvalue weighted by Gasteiger charge is 2.32. The SMILES string of the molecule is CCCCCCCC1(CNC(C)C)CCCC1. The summed E-state index contributed by atoms with van der Waals surface area (Å²) in [6.45, 7) is 8.09. The van der Waals surface area contributed by atoms with Crippen LogP contribution >= 0.6 is 0 Å². The molecule has 0 amide bonds. The van der Waals surface area contributed by atoms with Crippen molar-refractivity contribution in [2.75, 3.05) is 6.54 Å². The van der Waals surface area contributed by atoms with E-state index in [-0.39, 0.29) is 0 Å². The summed E-state index contributed by atoms with van der Waals surface area (Å²) in [6.07, 6.45) is 14.5. The van der Waals surface area contributed by atoms with Gasteiger partial charge in [-0.2, -0.15) is 0 Å². The molecular formula is C16H33N. The Morgan fingerprint density at radius 2 is 1.65 bits per heavy atom. The predicted molar refractivity (Wildman–Crippen MR) is 77.4 cm³/mol. The fraction of sp³-hybridized carbons (Fsp3) is 1.00. The van der Waals surface area contributed by atoms with Gasteiger partial charge in [-0.15, -0.1) is 0 Å². The average molecular weight is 239 g/mol. The molecule has 0 heterocycles. The molecule has 0 aliphatic heterocycles. The van der Waals surface area contributed by atoms with Crippen molar-refractivity contribution >= 4 is 0 Å². The monoisotopic (exact) mass is 239 g/mol. The summed E-state index contributed by atoms with van der Waals surface area (Å²) >= 11 is 0. The van der Waals surface area contributed by atoms with Crippen LogP contribution in [0.2, 0.25) is 0 Å².